The van der Waals surface area contributed by atoms with Crippen molar-refractivity contribution in [3.8, 4) is 5.75 Å². The third-order valence-corrected chi connectivity index (χ3v) is 3.14. The van der Waals surface area contributed by atoms with Crippen LogP contribution in [0.1, 0.15) is 19.4 Å². The maximum Gasteiger partial charge on any atom is 0.119 e. The van der Waals surface area contributed by atoms with Crippen LogP contribution in [0.2, 0.25) is 0 Å². The Bertz CT molecular complexity index is 360. The Labute approximate surface area is 117 Å². The highest BCUT2D eigenvalue weighted by Gasteiger charge is 2.01. The minimum absolute atomic E-state index is 0.555. The lowest BCUT2D eigenvalue weighted by molar-refractivity contribution is 0.273. The average molecular weight is 262 g/mol. The van der Waals surface area contributed by atoms with Crippen LogP contribution in [0.5, 0.6) is 5.75 Å². The van der Waals surface area contributed by atoms with Gasteiger partial charge in [0.05, 0.1) is 0 Å². The number of hydrogen-bond acceptors (Lipinski definition) is 3. The summed E-state index contributed by atoms with van der Waals surface area (Å²) in [7, 11) is 2.15. The van der Waals surface area contributed by atoms with Crippen molar-refractivity contribution in [2.75, 3.05) is 26.7 Å². The number of nitrogens with one attached hydrogen (secondary N) is 1. The molecule has 0 spiro atoms. The molecule has 0 heterocycles. The van der Waals surface area contributed by atoms with E-state index in [1.807, 2.05) is 12.1 Å². The normalized spacial score (nSPS) is 11.0. The number of hydrogen-bond donors (Lipinski definition) is 1. The zero-order valence-corrected chi connectivity index (χ0v) is 12.4. The first-order valence-electron chi connectivity index (χ1n) is 6.87. The van der Waals surface area contributed by atoms with Crippen molar-refractivity contribution >= 4 is 0 Å². The van der Waals surface area contributed by atoms with E-state index in [9.17, 15) is 0 Å². The van der Waals surface area contributed by atoms with Gasteiger partial charge in [-0.05, 0) is 38.6 Å². The molecule has 0 fully saturated rings. The Kier molecular flexibility index (Phi) is 7.23. The molecule has 106 valence electrons. The van der Waals surface area contributed by atoms with E-state index in [4.69, 9.17) is 4.74 Å². The van der Waals surface area contributed by atoms with Crippen molar-refractivity contribution < 1.29 is 4.74 Å². The van der Waals surface area contributed by atoms with Crippen LogP contribution in [0.4, 0.5) is 0 Å². The predicted molar refractivity (Wildman–Crippen MR) is 81.6 cm³/mol. The molecule has 0 amide bonds. The van der Waals surface area contributed by atoms with Crippen molar-refractivity contribution in [2.24, 2.45) is 0 Å². The molecule has 0 saturated heterocycles. The van der Waals surface area contributed by atoms with Crippen LogP contribution >= 0.6 is 0 Å². The molecule has 0 aliphatic carbocycles. The number of ether oxygens (including phenoxy) is 1. The fourth-order valence-electron chi connectivity index (χ4n) is 1.61. The summed E-state index contributed by atoms with van der Waals surface area (Å²) in [4.78, 5) is 2.33. The smallest absolute Gasteiger partial charge is 0.119 e. The molecule has 0 saturated carbocycles. The molecular formula is C16H26N2O. The lowest BCUT2D eigenvalue weighted by Gasteiger charge is -2.20. The molecule has 1 aromatic carbocycles. The van der Waals surface area contributed by atoms with E-state index >= 15 is 0 Å². The summed E-state index contributed by atoms with van der Waals surface area (Å²) < 4.78 is 5.45. The van der Waals surface area contributed by atoms with E-state index in [-0.39, 0.29) is 0 Å². The molecule has 0 radical (unpaired) electrons. The van der Waals surface area contributed by atoms with Crippen molar-refractivity contribution in [3.05, 3.63) is 42.5 Å². The molecule has 0 aromatic heterocycles. The molecule has 19 heavy (non-hydrogen) atoms. The second-order valence-electron chi connectivity index (χ2n) is 4.99. The van der Waals surface area contributed by atoms with Gasteiger partial charge in [-0.3, -0.25) is 0 Å². The van der Waals surface area contributed by atoms with Crippen molar-refractivity contribution in [1.29, 1.82) is 0 Å². The molecule has 1 aromatic rings. The maximum absolute atomic E-state index is 5.45. The number of rotatable bonds is 9. The molecule has 0 aliphatic heterocycles. The Morgan fingerprint density at radius 1 is 1.32 bits per heavy atom. The van der Waals surface area contributed by atoms with Crippen molar-refractivity contribution in [1.82, 2.24) is 10.2 Å². The first kappa shape index (κ1) is 15.7. The molecule has 3 heteroatoms. The summed E-state index contributed by atoms with van der Waals surface area (Å²) in [6.45, 7) is 11.6. The highest BCUT2D eigenvalue weighted by molar-refractivity contribution is 5.27. The van der Waals surface area contributed by atoms with Crippen LogP contribution in [-0.4, -0.2) is 37.7 Å². The average Bonchev–Trinajstić information content (AvgIpc) is 2.42. The summed E-state index contributed by atoms with van der Waals surface area (Å²) in [6.07, 6.45) is 1.75. The first-order chi connectivity index (χ1) is 9.13. The molecule has 1 N–H and O–H groups in total. The number of nitrogens with zero attached hydrogens (tertiary/aromatic N) is 1. The van der Waals surface area contributed by atoms with E-state index in [0.29, 0.717) is 12.6 Å². The van der Waals surface area contributed by atoms with Crippen LogP contribution in [0.3, 0.4) is 0 Å². The van der Waals surface area contributed by atoms with Crippen LogP contribution in [0.15, 0.2) is 36.9 Å². The Hall–Kier alpha value is -1.32. The van der Waals surface area contributed by atoms with E-state index < -0.39 is 0 Å². The molecule has 3 nitrogen and oxygen atoms in total. The lowest BCUT2D eigenvalue weighted by atomic mass is 10.2. The van der Waals surface area contributed by atoms with Crippen molar-refractivity contribution in [3.63, 3.8) is 0 Å². The Balaban J connectivity index is 2.24. The highest BCUT2D eigenvalue weighted by Crippen LogP contribution is 2.11. The van der Waals surface area contributed by atoms with Gasteiger partial charge in [0.1, 0.15) is 12.4 Å². The largest absolute Gasteiger partial charge is 0.490 e. The van der Waals surface area contributed by atoms with Gasteiger partial charge in [0.2, 0.25) is 0 Å². The Morgan fingerprint density at radius 2 is 2.00 bits per heavy atom. The zero-order valence-electron chi connectivity index (χ0n) is 12.4. The maximum atomic E-state index is 5.45. The fourth-order valence-corrected chi connectivity index (χ4v) is 1.61. The Morgan fingerprint density at radius 3 is 2.58 bits per heavy atom. The van der Waals surface area contributed by atoms with Gasteiger partial charge in [0.15, 0.2) is 0 Å². The molecule has 0 atom stereocenters. The summed E-state index contributed by atoms with van der Waals surface area (Å²) in [5.41, 5.74) is 1.28. The first-order valence-corrected chi connectivity index (χ1v) is 6.87. The molecule has 0 aliphatic rings. The quantitative estimate of drug-likeness (QED) is 0.547. The number of benzene rings is 1. The number of likely N-dealkylation sites (N-methyl/N-ethyl adjacent to an activating group) is 1. The van der Waals surface area contributed by atoms with Crippen LogP contribution in [0.25, 0.3) is 0 Å². The minimum atomic E-state index is 0.555. The van der Waals surface area contributed by atoms with E-state index in [1.165, 1.54) is 5.56 Å². The third kappa shape index (κ3) is 6.41. The van der Waals surface area contributed by atoms with Crippen LogP contribution in [0, 0.1) is 0 Å². The van der Waals surface area contributed by atoms with E-state index in [2.05, 4.69) is 49.8 Å². The van der Waals surface area contributed by atoms with Gasteiger partial charge in [-0.15, -0.1) is 0 Å². The zero-order chi connectivity index (χ0) is 14.1. The second kappa shape index (κ2) is 8.73. The molecule has 0 unspecified atom stereocenters. The highest BCUT2D eigenvalue weighted by atomic mass is 16.5. The third-order valence-electron chi connectivity index (χ3n) is 3.14. The SMILES string of the molecule is C=CCOc1ccc(CNCCN(C)C(C)C)cc1. The standard InChI is InChI=1S/C16H26N2O/c1-5-12-19-16-8-6-15(7-9-16)13-17-10-11-18(4)14(2)3/h5-9,14,17H,1,10-13H2,2-4H3. The van der Waals surface area contributed by atoms with Gasteiger partial charge in [-0.25, -0.2) is 0 Å². The van der Waals surface area contributed by atoms with E-state index in [1.54, 1.807) is 6.08 Å². The lowest BCUT2D eigenvalue weighted by Crippen LogP contribution is -2.33. The van der Waals surface area contributed by atoms with Crippen LogP contribution in [-0.2, 0) is 6.54 Å². The summed E-state index contributed by atoms with van der Waals surface area (Å²) >= 11 is 0. The van der Waals surface area contributed by atoms with Crippen molar-refractivity contribution in [2.45, 2.75) is 26.4 Å². The summed E-state index contributed by atoms with van der Waals surface area (Å²) in [6, 6.07) is 8.79. The van der Waals surface area contributed by atoms with Gasteiger partial charge in [0.25, 0.3) is 0 Å². The van der Waals surface area contributed by atoms with Gasteiger partial charge in [0, 0.05) is 25.7 Å². The van der Waals surface area contributed by atoms with Gasteiger partial charge in [-0.1, -0.05) is 24.8 Å². The van der Waals surface area contributed by atoms with Gasteiger partial charge in [-0.2, -0.15) is 0 Å². The summed E-state index contributed by atoms with van der Waals surface area (Å²) in [5, 5.41) is 3.45. The second-order valence-corrected chi connectivity index (χ2v) is 4.99. The topological polar surface area (TPSA) is 24.5 Å². The molecular weight excluding hydrogens is 236 g/mol. The van der Waals surface area contributed by atoms with Crippen LogP contribution < -0.4 is 10.1 Å². The fraction of sp³-hybridized carbons (Fsp3) is 0.500. The van der Waals surface area contributed by atoms with Gasteiger partial charge >= 0.3 is 0 Å². The summed E-state index contributed by atoms with van der Waals surface area (Å²) in [5.74, 6) is 0.892. The molecule has 0 bridgehead atoms. The van der Waals surface area contributed by atoms with Gasteiger partial charge < -0.3 is 15.0 Å². The van der Waals surface area contributed by atoms with E-state index in [0.717, 1.165) is 25.4 Å². The monoisotopic (exact) mass is 262 g/mol. The predicted octanol–water partition coefficient (Wildman–Crippen LogP) is 2.68. The minimum Gasteiger partial charge on any atom is -0.490 e. The molecule has 1 rings (SSSR count).